The zero-order valence-electron chi connectivity index (χ0n) is 10.8. The van der Waals surface area contributed by atoms with Gasteiger partial charge >= 0.3 is 0 Å². The molecule has 0 heterocycles. The van der Waals surface area contributed by atoms with Crippen molar-refractivity contribution in [1.29, 1.82) is 0 Å². The molecule has 19 heavy (non-hydrogen) atoms. The number of benzene rings is 2. The Morgan fingerprint density at radius 2 is 1.95 bits per heavy atom. The number of aromatic hydroxyl groups is 1. The largest absolute Gasteiger partial charge is 0.506 e. The summed E-state index contributed by atoms with van der Waals surface area (Å²) in [7, 11) is 0. The van der Waals surface area contributed by atoms with Crippen LogP contribution in [0.4, 0.5) is 15.8 Å². The summed E-state index contributed by atoms with van der Waals surface area (Å²) in [5.74, 6) is -0.172. The van der Waals surface area contributed by atoms with Gasteiger partial charge in [0, 0.05) is 13.1 Å². The molecule has 0 aliphatic heterocycles. The second kappa shape index (κ2) is 5.61. The number of nitrogens with zero attached hydrogens (tertiary/aromatic N) is 1. The molecule has 0 spiro atoms. The molecular formula is C15H17FN2O. The van der Waals surface area contributed by atoms with Crippen molar-refractivity contribution < 1.29 is 9.50 Å². The molecule has 3 N–H and O–H groups in total. The van der Waals surface area contributed by atoms with Gasteiger partial charge in [-0.2, -0.15) is 0 Å². The number of anilines is 2. The molecule has 2 aromatic rings. The molecule has 0 amide bonds. The highest BCUT2D eigenvalue weighted by Gasteiger charge is 2.10. The Hall–Kier alpha value is -2.23. The Morgan fingerprint density at radius 1 is 1.21 bits per heavy atom. The van der Waals surface area contributed by atoms with Crippen LogP contribution in [0.5, 0.6) is 5.75 Å². The van der Waals surface area contributed by atoms with Crippen LogP contribution in [0.25, 0.3) is 0 Å². The maximum absolute atomic E-state index is 13.8. The lowest BCUT2D eigenvalue weighted by Gasteiger charge is -2.23. The third-order valence-electron chi connectivity index (χ3n) is 3.04. The van der Waals surface area contributed by atoms with Crippen LogP contribution in [-0.4, -0.2) is 11.7 Å². The summed E-state index contributed by atoms with van der Waals surface area (Å²) < 4.78 is 13.8. The maximum atomic E-state index is 13.8. The number of phenols is 1. The molecule has 2 aromatic carbocycles. The smallest absolute Gasteiger partial charge is 0.146 e. The maximum Gasteiger partial charge on any atom is 0.146 e. The number of halogens is 1. The standard InChI is InChI=1S/C15H17FN2O/c1-2-18(14-6-4-3-5-12(14)16)10-11-7-8-15(19)13(17)9-11/h3-9,19H,2,10,17H2,1H3. The van der Waals surface area contributed by atoms with E-state index in [1.165, 1.54) is 6.07 Å². The van der Waals surface area contributed by atoms with Gasteiger partial charge in [0.15, 0.2) is 0 Å². The van der Waals surface area contributed by atoms with Gasteiger partial charge in [0.1, 0.15) is 11.6 Å². The summed E-state index contributed by atoms with van der Waals surface area (Å²) in [6, 6.07) is 11.7. The summed E-state index contributed by atoms with van der Waals surface area (Å²) in [5.41, 5.74) is 7.50. The highest BCUT2D eigenvalue weighted by atomic mass is 19.1. The van der Waals surface area contributed by atoms with Crippen molar-refractivity contribution in [3.63, 3.8) is 0 Å². The molecule has 0 unspecified atom stereocenters. The molecule has 2 rings (SSSR count). The summed E-state index contributed by atoms with van der Waals surface area (Å²) in [6.45, 7) is 3.19. The number of rotatable bonds is 4. The third kappa shape index (κ3) is 2.96. The lowest BCUT2D eigenvalue weighted by molar-refractivity contribution is 0.477. The average molecular weight is 260 g/mol. The summed E-state index contributed by atoms with van der Waals surface area (Å²) in [4.78, 5) is 1.92. The van der Waals surface area contributed by atoms with Crippen LogP contribution in [0, 0.1) is 5.82 Å². The van der Waals surface area contributed by atoms with Crippen molar-refractivity contribution >= 4 is 11.4 Å². The minimum absolute atomic E-state index is 0.0673. The van der Waals surface area contributed by atoms with Crippen LogP contribution in [-0.2, 0) is 6.54 Å². The van der Waals surface area contributed by atoms with Crippen molar-refractivity contribution in [2.24, 2.45) is 0 Å². The second-order valence-electron chi connectivity index (χ2n) is 4.36. The molecule has 3 nitrogen and oxygen atoms in total. The molecule has 4 heteroatoms. The number of phenolic OH excluding ortho intramolecular Hbond substituents is 1. The first-order chi connectivity index (χ1) is 9.11. The highest BCUT2D eigenvalue weighted by molar-refractivity contribution is 5.55. The van der Waals surface area contributed by atoms with Crippen LogP contribution >= 0.6 is 0 Å². The lowest BCUT2D eigenvalue weighted by Crippen LogP contribution is -2.23. The first-order valence-electron chi connectivity index (χ1n) is 6.18. The fourth-order valence-corrected chi connectivity index (χ4v) is 2.00. The Balaban J connectivity index is 2.24. The van der Waals surface area contributed by atoms with E-state index in [1.54, 1.807) is 30.3 Å². The van der Waals surface area contributed by atoms with E-state index in [9.17, 15) is 9.50 Å². The van der Waals surface area contributed by atoms with Crippen molar-refractivity contribution in [2.75, 3.05) is 17.2 Å². The molecule has 0 radical (unpaired) electrons. The Labute approximate surface area is 112 Å². The van der Waals surface area contributed by atoms with E-state index >= 15 is 0 Å². The van der Waals surface area contributed by atoms with Gasteiger partial charge in [-0.25, -0.2) is 4.39 Å². The van der Waals surface area contributed by atoms with Crippen LogP contribution in [0.3, 0.4) is 0 Å². The Morgan fingerprint density at radius 3 is 2.58 bits per heavy atom. The SMILES string of the molecule is CCN(Cc1ccc(O)c(N)c1)c1ccccc1F. The van der Waals surface area contributed by atoms with Gasteiger partial charge in [0.2, 0.25) is 0 Å². The van der Waals surface area contributed by atoms with E-state index in [0.29, 0.717) is 24.5 Å². The van der Waals surface area contributed by atoms with E-state index in [4.69, 9.17) is 5.73 Å². The minimum Gasteiger partial charge on any atom is -0.506 e. The first kappa shape index (κ1) is 13.2. The summed E-state index contributed by atoms with van der Waals surface area (Å²) >= 11 is 0. The number of para-hydroxylation sites is 1. The van der Waals surface area contributed by atoms with Gasteiger partial charge in [-0.1, -0.05) is 18.2 Å². The van der Waals surface area contributed by atoms with Crippen LogP contribution in [0.15, 0.2) is 42.5 Å². The Bertz CT molecular complexity index is 572. The van der Waals surface area contributed by atoms with Crippen LogP contribution in [0.1, 0.15) is 12.5 Å². The van der Waals surface area contributed by atoms with Crippen LogP contribution in [0.2, 0.25) is 0 Å². The molecular weight excluding hydrogens is 243 g/mol. The van der Waals surface area contributed by atoms with E-state index < -0.39 is 0 Å². The van der Waals surface area contributed by atoms with Crippen molar-refractivity contribution in [2.45, 2.75) is 13.5 Å². The molecule has 0 aromatic heterocycles. The number of nitrogen functional groups attached to an aromatic ring is 1. The monoisotopic (exact) mass is 260 g/mol. The predicted octanol–water partition coefficient (Wildman–Crippen LogP) is 3.14. The molecule has 100 valence electrons. The summed E-state index contributed by atoms with van der Waals surface area (Å²) in [5, 5.41) is 9.40. The van der Waals surface area contributed by atoms with E-state index in [0.717, 1.165) is 5.56 Å². The molecule has 0 fully saturated rings. The van der Waals surface area contributed by atoms with E-state index in [-0.39, 0.29) is 11.6 Å². The minimum atomic E-state index is -0.240. The molecule has 0 saturated carbocycles. The van der Waals surface area contributed by atoms with Gasteiger partial charge < -0.3 is 15.7 Å². The van der Waals surface area contributed by atoms with Gasteiger partial charge in [-0.3, -0.25) is 0 Å². The van der Waals surface area contributed by atoms with Gasteiger partial charge in [-0.15, -0.1) is 0 Å². The highest BCUT2D eigenvalue weighted by Crippen LogP contribution is 2.24. The van der Waals surface area contributed by atoms with Crippen molar-refractivity contribution in [3.05, 3.63) is 53.8 Å². The van der Waals surface area contributed by atoms with E-state index in [1.807, 2.05) is 17.9 Å². The zero-order valence-corrected chi connectivity index (χ0v) is 10.8. The second-order valence-corrected chi connectivity index (χ2v) is 4.36. The molecule has 0 aliphatic rings. The topological polar surface area (TPSA) is 49.5 Å². The van der Waals surface area contributed by atoms with E-state index in [2.05, 4.69) is 0 Å². The number of hydrogen-bond acceptors (Lipinski definition) is 3. The Kier molecular flexibility index (Phi) is 3.90. The number of nitrogens with two attached hydrogens (primary N) is 1. The average Bonchev–Trinajstić information content (AvgIpc) is 2.41. The molecule has 0 aliphatic carbocycles. The van der Waals surface area contributed by atoms with Gasteiger partial charge in [0.05, 0.1) is 11.4 Å². The fourth-order valence-electron chi connectivity index (χ4n) is 2.00. The zero-order chi connectivity index (χ0) is 13.8. The molecule has 0 atom stereocenters. The normalized spacial score (nSPS) is 10.4. The van der Waals surface area contributed by atoms with Crippen molar-refractivity contribution in [3.8, 4) is 5.75 Å². The third-order valence-corrected chi connectivity index (χ3v) is 3.04. The van der Waals surface area contributed by atoms with Gasteiger partial charge in [-0.05, 0) is 36.8 Å². The fraction of sp³-hybridized carbons (Fsp3) is 0.200. The lowest BCUT2D eigenvalue weighted by atomic mass is 10.1. The van der Waals surface area contributed by atoms with Gasteiger partial charge in [0.25, 0.3) is 0 Å². The van der Waals surface area contributed by atoms with Crippen LogP contribution < -0.4 is 10.6 Å². The first-order valence-corrected chi connectivity index (χ1v) is 6.18. The quantitative estimate of drug-likeness (QED) is 0.656. The predicted molar refractivity (Wildman–Crippen MR) is 75.6 cm³/mol. The van der Waals surface area contributed by atoms with Crippen molar-refractivity contribution in [1.82, 2.24) is 0 Å². The number of hydrogen-bond donors (Lipinski definition) is 2. The summed E-state index contributed by atoms with van der Waals surface area (Å²) in [6.07, 6.45) is 0. The molecule has 0 saturated heterocycles. The molecule has 0 bridgehead atoms.